The van der Waals surface area contributed by atoms with Gasteiger partial charge in [0.2, 0.25) is 0 Å². The van der Waals surface area contributed by atoms with E-state index in [0.29, 0.717) is 55.5 Å². The summed E-state index contributed by atoms with van der Waals surface area (Å²) in [5.41, 5.74) is 3.47. The van der Waals surface area contributed by atoms with E-state index in [2.05, 4.69) is 11.5 Å². The molecule has 0 bridgehead atoms. The summed E-state index contributed by atoms with van der Waals surface area (Å²) in [4.78, 5) is 31.0. The summed E-state index contributed by atoms with van der Waals surface area (Å²) in [7, 11) is 0. The monoisotopic (exact) mass is 462 g/mol. The molecule has 2 aliphatic heterocycles. The fourth-order valence-corrected chi connectivity index (χ4v) is 4.71. The van der Waals surface area contributed by atoms with Crippen LogP contribution in [0.4, 0.5) is 10.1 Å². The highest BCUT2D eigenvalue weighted by atomic mass is 19.1. The van der Waals surface area contributed by atoms with Gasteiger partial charge in [-0.3, -0.25) is 9.36 Å². The molecule has 0 radical (unpaired) electrons. The zero-order valence-corrected chi connectivity index (χ0v) is 19.2. The maximum Gasteiger partial charge on any atom is 0.336 e. The number of hydrogen-bond acceptors (Lipinski definition) is 5. The highest BCUT2D eigenvalue weighted by Crippen LogP contribution is 2.25. The molecule has 3 heterocycles. The highest BCUT2D eigenvalue weighted by molar-refractivity contribution is 5.63. The summed E-state index contributed by atoms with van der Waals surface area (Å²) in [6, 6.07) is 13.8. The molecule has 0 amide bonds. The van der Waals surface area contributed by atoms with Gasteiger partial charge in [-0.05, 0) is 48.9 Å². The first-order valence-electron chi connectivity index (χ1n) is 11.4. The molecule has 2 aromatic carbocycles. The van der Waals surface area contributed by atoms with Gasteiger partial charge in [0, 0.05) is 44.0 Å². The lowest BCUT2D eigenvalue weighted by molar-refractivity contribution is 0.122. The smallest absolute Gasteiger partial charge is 0.336 e. The van der Waals surface area contributed by atoms with Crippen LogP contribution in [0.5, 0.6) is 0 Å². The lowest BCUT2D eigenvalue weighted by Crippen LogP contribution is -2.46. The molecule has 3 aromatic rings. The van der Waals surface area contributed by atoms with Crippen LogP contribution >= 0.6 is 0 Å². The van der Waals surface area contributed by atoms with Gasteiger partial charge in [-0.15, -0.1) is 0 Å². The van der Waals surface area contributed by atoms with Crippen LogP contribution in [-0.4, -0.2) is 46.9 Å². The van der Waals surface area contributed by atoms with E-state index < -0.39 is 0 Å². The molecule has 34 heavy (non-hydrogen) atoms. The average molecular weight is 463 g/mol. The largest absolute Gasteiger partial charge is 0.378 e. The Hall–Kier alpha value is -3.65. The van der Waals surface area contributed by atoms with Crippen molar-refractivity contribution in [3.8, 4) is 5.69 Å². The topological polar surface area (TPSA) is 59.7 Å². The predicted molar refractivity (Wildman–Crippen MR) is 130 cm³/mol. The molecule has 1 saturated heterocycles. The number of benzene rings is 2. The minimum atomic E-state index is -0.368. The Kier molecular flexibility index (Phi) is 5.83. The van der Waals surface area contributed by atoms with Crippen molar-refractivity contribution < 1.29 is 9.13 Å². The van der Waals surface area contributed by atoms with Crippen molar-refractivity contribution in [3.63, 3.8) is 0 Å². The summed E-state index contributed by atoms with van der Waals surface area (Å²) in [5.74, 6) is -0.285. The van der Waals surface area contributed by atoms with Crippen LogP contribution in [0.3, 0.4) is 0 Å². The Morgan fingerprint density at radius 3 is 2.24 bits per heavy atom. The molecule has 0 unspecified atom stereocenters. The van der Waals surface area contributed by atoms with Crippen LogP contribution in [0.1, 0.15) is 16.8 Å². The van der Waals surface area contributed by atoms with E-state index >= 15 is 0 Å². The van der Waals surface area contributed by atoms with Crippen LogP contribution in [0.25, 0.3) is 11.4 Å². The zero-order chi connectivity index (χ0) is 23.8. The van der Waals surface area contributed by atoms with Gasteiger partial charge in [-0.1, -0.05) is 18.7 Å². The van der Waals surface area contributed by atoms with Crippen LogP contribution in [0.15, 0.2) is 64.7 Å². The number of aromatic nitrogens is 2. The number of nitrogens with zero attached hydrogens (tertiary/aromatic N) is 4. The first-order valence-corrected chi connectivity index (χ1v) is 11.4. The van der Waals surface area contributed by atoms with Crippen molar-refractivity contribution in [2.75, 3.05) is 37.7 Å². The van der Waals surface area contributed by atoms with Crippen molar-refractivity contribution in [1.82, 2.24) is 14.0 Å². The Bertz CT molecular complexity index is 1340. The van der Waals surface area contributed by atoms with Gasteiger partial charge in [0.25, 0.3) is 5.56 Å². The fraction of sp³-hybridized carbons (Fsp3) is 0.308. The zero-order valence-electron chi connectivity index (χ0n) is 19.2. The SMILES string of the molecule is C=C1c2c(C)c(=O)n(-c3ccc(N4CCOCC4)cc3)c(=O)n2CCN1Cc1ccc(F)cc1. The quantitative estimate of drug-likeness (QED) is 0.597. The molecule has 2 aliphatic rings. The molecule has 176 valence electrons. The van der Waals surface area contributed by atoms with E-state index in [9.17, 15) is 14.0 Å². The Balaban J connectivity index is 1.47. The molecule has 5 rings (SSSR count). The molecule has 0 aliphatic carbocycles. The van der Waals surface area contributed by atoms with Gasteiger partial charge in [0.1, 0.15) is 5.82 Å². The Labute approximate surface area is 196 Å². The van der Waals surface area contributed by atoms with Crippen molar-refractivity contribution in [3.05, 3.63) is 98.6 Å². The second kappa shape index (κ2) is 8.95. The standard InChI is InChI=1S/C26H27FN4O3/c1-18-24-19(2)29(17-20-3-5-21(27)6-4-20)11-12-30(24)26(33)31(25(18)32)23-9-7-22(8-10-23)28-13-15-34-16-14-28/h3-10H,2,11-17H2,1H3. The summed E-state index contributed by atoms with van der Waals surface area (Å²) >= 11 is 0. The first kappa shape index (κ1) is 22.2. The Morgan fingerprint density at radius 2 is 1.56 bits per heavy atom. The third-order valence-corrected chi connectivity index (χ3v) is 6.59. The number of hydrogen-bond donors (Lipinski definition) is 0. The molecular formula is C26H27FN4O3. The fourth-order valence-electron chi connectivity index (χ4n) is 4.71. The van der Waals surface area contributed by atoms with E-state index in [4.69, 9.17) is 4.74 Å². The minimum Gasteiger partial charge on any atom is -0.378 e. The van der Waals surface area contributed by atoms with Crippen LogP contribution in [-0.2, 0) is 17.8 Å². The molecule has 7 nitrogen and oxygen atoms in total. The van der Waals surface area contributed by atoms with Gasteiger partial charge in [-0.2, -0.15) is 0 Å². The molecule has 1 fully saturated rings. The number of morpholine rings is 1. The number of rotatable bonds is 4. The van der Waals surface area contributed by atoms with E-state index in [-0.39, 0.29) is 17.1 Å². The summed E-state index contributed by atoms with van der Waals surface area (Å²) in [6.07, 6.45) is 0. The minimum absolute atomic E-state index is 0.285. The van der Waals surface area contributed by atoms with Crippen molar-refractivity contribution in [2.24, 2.45) is 0 Å². The Morgan fingerprint density at radius 1 is 0.912 bits per heavy atom. The predicted octanol–water partition coefficient (Wildman–Crippen LogP) is 2.77. The second-order valence-corrected chi connectivity index (χ2v) is 8.66. The lowest BCUT2D eigenvalue weighted by Gasteiger charge is -2.34. The third-order valence-electron chi connectivity index (χ3n) is 6.59. The highest BCUT2D eigenvalue weighted by Gasteiger charge is 2.26. The normalized spacial score (nSPS) is 16.0. The van der Waals surface area contributed by atoms with E-state index in [0.717, 1.165) is 24.3 Å². The van der Waals surface area contributed by atoms with Gasteiger partial charge in [0.05, 0.1) is 30.3 Å². The number of anilines is 1. The summed E-state index contributed by atoms with van der Waals surface area (Å²) < 4.78 is 21.5. The maximum absolute atomic E-state index is 13.4. The molecule has 1 aromatic heterocycles. The van der Waals surface area contributed by atoms with Crippen molar-refractivity contribution >= 4 is 11.4 Å². The van der Waals surface area contributed by atoms with E-state index in [1.54, 1.807) is 23.6 Å². The van der Waals surface area contributed by atoms with Crippen molar-refractivity contribution in [2.45, 2.75) is 20.0 Å². The first-order chi connectivity index (χ1) is 16.4. The lowest BCUT2D eigenvalue weighted by atomic mass is 10.1. The van der Waals surface area contributed by atoms with Gasteiger partial charge >= 0.3 is 5.69 Å². The molecule has 0 N–H and O–H groups in total. The summed E-state index contributed by atoms with van der Waals surface area (Å²) in [6.45, 7) is 10.5. The van der Waals surface area contributed by atoms with Crippen LogP contribution < -0.4 is 16.1 Å². The number of fused-ring (bicyclic) bond motifs is 1. The van der Waals surface area contributed by atoms with E-state index in [1.807, 2.05) is 29.2 Å². The molecular weight excluding hydrogens is 435 g/mol. The summed E-state index contributed by atoms with van der Waals surface area (Å²) in [5, 5.41) is 0. The molecule has 0 saturated carbocycles. The van der Waals surface area contributed by atoms with Crippen LogP contribution in [0.2, 0.25) is 0 Å². The van der Waals surface area contributed by atoms with Crippen LogP contribution in [0, 0.1) is 12.7 Å². The molecule has 8 heteroatoms. The third kappa shape index (κ3) is 3.94. The molecule has 0 atom stereocenters. The number of halogens is 1. The van der Waals surface area contributed by atoms with E-state index in [1.165, 1.54) is 16.7 Å². The van der Waals surface area contributed by atoms with Gasteiger partial charge in [-0.25, -0.2) is 13.8 Å². The number of ether oxygens (including phenoxy) is 1. The average Bonchev–Trinajstić information content (AvgIpc) is 2.86. The van der Waals surface area contributed by atoms with Gasteiger partial charge < -0.3 is 14.5 Å². The second-order valence-electron chi connectivity index (χ2n) is 8.66. The molecule has 0 spiro atoms. The van der Waals surface area contributed by atoms with Crippen molar-refractivity contribution in [1.29, 1.82) is 0 Å². The van der Waals surface area contributed by atoms with Gasteiger partial charge in [0.15, 0.2) is 0 Å². The maximum atomic E-state index is 13.4.